The number of nitrogens with zero attached hydrogens (tertiary/aromatic N) is 1. The van der Waals surface area contributed by atoms with E-state index < -0.39 is 0 Å². The molecule has 2 nitrogen and oxygen atoms in total. The lowest BCUT2D eigenvalue weighted by atomic mass is 10.3. The van der Waals surface area contributed by atoms with E-state index in [-0.39, 0.29) is 0 Å². The van der Waals surface area contributed by atoms with Crippen LogP contribution in [0.2, 0.25) is 0 Å². The lowest BCUT2D eigenvalue weighted by Crippen LogP contribution is -1.85. The average molecular weight is 376 g/mol. The van der Waals surface area contributed by atoms with E-state index in [1.807, 2.05) is 30.3 Å². The molecule has 2 aromatic rings. The second-order valence-electron chi connectivity index (χ2n) is 2.86. The smallest absolute Gasteiger partial charge is 0.144 e. The molecule has 0 radical (unpaired) electrons. The van der Waals surface area contributed by atoms with Gasteiger partial charge in [0.1, 0.15) is 11.5 Å². The predicted octanol–water partition coefficient (Wildman–Crippen LogP) is 4.24. The van der Waals surface area contributed by atoms with Gasteiger partial charge in [0.15, 0.2) is 0 Å². The first-order valence-corrected chi connectivity index (χ1v) is 6.16. The van der Waals surface area contributed by atoms with Crippen LogP contribution in [0.15, 0.2) is 47.2 Å². The van der Waals surface area contributed by atoms with Crippen molar-refractivity contribution in [2.75, 3.05) is 0 Å². The zero-order valence-corrected chi connectivity index (χ0v) is 11.4. The highest BCUT2D eigenvalue weighted by molar-refractivity contribution is 14.1. The van der Waals surface area contributed by atoms with Crippen LogP contribution in [0.1, 0.15) is 0 Å². The third-order valence-electron chi connectivity index (χ3n) is 1.78. The van der Waals surface area contributed by atoms with E-state index in [2.05, 4.69) is 43.5 Å². The number of rotatable bonds is 2. The summed E-state index contributed by atoms with van der Waals surface area (Å²) in [5, 5.41) is 0. The SMILES string of the molecule is Brc1cnccc1Oc1ccc(I)cc1. The summed E-state index contributed by atoms with van der Waals surface area (Å²) >= 11 is 5.64. The van der Waals surface area contributed by atoms with Gasteiger partial charge in [-0.2, -0.15) is 0 Å². The van der Waals surface area contributed by atoms with Crippen LogP contribution in [-0.4, -0.2) is 4.98 Å². The first kappa shape index (κ1) is 10.9. The van der Waals surface area contributed by atoms with Gasteiger partial charge in [0.05, 0.1) is 4.47 Å². The van der Waals surface area contributed by atoms with Crippen molar-refractivity contribution in [1.82, 2.24) is 4.98 Å². The van der Waals surface area contributed by atoms with Crippen molar-refractivity contribution in [2.45, 2.75) is 0 Å². The van der Waals surface area contributed by atoms with Crippen molar-refractivity contribution < 1.29 is 4.74 Å². The maximum Gasteiger partial charge on any atom is 0.144 e. The van der Waals surface area contributed by atoms with Crippen molar-refractivity contribution in [3.8, 4) is 11.5 Å². The second-order valence-corrected chi connectivity index (χ2v) is 4.96. The maximum absolute atomic E-state index is 5.67. The number of ether oxygens (including phenoxy) is 1. The van der Waals surface area contributed by atoms with E-state index in [1.165, 1.54) is 3.57 Å². The van der Waals surface area contributed by atoms with E-state index >= 15 is 0 Å². The lowest BCUT2D eigenvalue weighted by Gasteiger charge is -2.06. The summed E-state index contributed by atoms with van der Waals surface area (Å²) in [5.74, 6) is 1.59. The predicted molar refractivity (Wildman–Crippen MR) is 71.2 cm³/mol. The third-order valence-corrected chi connectivity index (χ3v) is 3.09. The van der Waals surface area contributed by atoms with Gasteiger partial charge in [-0.1, -0.05) is 0 Å². The molecule has 1 aromatic carbocycles. The summed E-state index contributed by atoms with van der Waals surface area (Å²) in [6.07, 6.45) is 3.41. The van der Waals surface area contributed by atoms with Crippen molar-refractivity contribution in [1.29, 1.82) is 0 Å². The summed E-state index contributed by atoms with van der Waals surface area (Å²) < 4.78 is 7.71. The Kier molecular flexibility index (Phi) is 3.58. The van der Waals surface area contributed by atoms with Gasteiger partial charge in [-0.15, -0.1) is 0 Å². The first-order chi connectivity index (χ1) is 7.25. The van der Waals surface area contributed by atoms with Crippen LogP contribution in [0, 0.1) is 3.57 Å². The fraction of sp³-hybridized carbons (Fsp3) is 0. The summed E-state index contributed by atoms with van der Waals surface area (Å²) in [4.78, 5) is 3.97. The van der Waals surface area contributed by atoms with Crippen molar-refractivity contribution in [3.05, 3.63) is 50.8 Å². The Morgan fingerprint density at radius 3 is 2.53 bits per heavy atom. The van der Waals surface area contributed by atoms with Gasteiger partial charge in [0.2, 0.25) is 0 Å². The Labute approximate surface area is 110 Å². The zero-order chi connectivity index (χ0) is 10.7. The zero-order valence-electron chi connectivity index (χ0n) is 7.65. The van der Waals surface area contributed by atoms with Gasteiger partial charge in [0.25, 0.3) is 0 Å². The van der Waals surface area contributed by atoms with Gasteiger partial charge >= 0.3 is 0 Å². The van der Waals surface area contributed by atoms with E-state index in [1.54, 1.807) is 12.4 Å². The maximum atomic E-state index is 5.67. The fourth-order valence-corrected chi connectivity index (χ4v) is 1.77. The lowest BCUT2D eigenvalue weighted by molar-refractivity contribution is 0.478. The van der Waals surface area contributed by atoms with Gasteiger partial charge in [-0.05, 0) is 62.8 Å². The monoisotopic (exact) mass is 375 g/mol. The van der Waals surface area contributed by atoms with Crippen LogP contribution in [0.25, 0.3) is 0 Å². The fourth-order valence-electron chi connectivity index (χ4n) is 1.07. The second kappa shape index (κ2) is 4.94. The molecule has 2 rings (SSSR count). The quantitative estimate of drug-likeness (QED) is 0.732. The standard InChI is InChI=1S/C11H7BrINO/c12-10-7-14-6-5-11(10)15-9-3-1-8(13)2-4-9/h1-7H. The minimum Gasteiger partial charge on any atom is -0.456 e. The van der Waals surface area contributed by atoms with Crippen LogP contribution in [0.4, 0.5) is 0 Å². The molecule has 0 spiro atoms. The van der Waals surface area contributed by atoms with Gasteiger partial charge in [-0.25, -0.2) is 0 Å². The molecule has 1 heterocycles. The van der Waals surface area contributed by atoms with Crippen LogP contribution in [-0.2, 0) is 0 Å². The average Bonchev–Trinajstić information content (AvgIpc) is 2.25. The molecular formula is C11H7BrINO. The number of pyridine rings is 1. The van der Waals surface area contributed by atoms with E-state index in [4.69, 9.17) is 4.74 Å². The van der Waals surface area contributed by atoms with E-state index in [9.17, 15) is 0 Å². The summed E-state index contributed by atoms with van der Waals surface area (Å²) in [5.41, 5.74) is 0. The molecule has 1 aromatic heterocycles. The molecule has 0 amide bonds. The van der Waals surface area contributed by atoms with Crippen molar-refractivity contribution in [3.63, 3.8) is 0 Å². The molecular weight excluding hydrogens is 369 g/mol. The van der Waals surface area contributed by atoms with Crippen LogP contribution < -0.4 is 4.74 Å². The number of hydrogen-bond acceptors (Lipinski definition) is 2. The number of halogens is 2. The van der Waals surface area contributed by atoms with Crippen LogP contribution in [0.3, 0.4) is 0 Å². The number of aromatic nitrogens is 1. The van der Waals surface area contributed by atoms with Crippen LogP contribution in [0.5, 0.6) is 11.5 Å². The highest BCUT2D eigenvalue weighted by atomic mass is 127. The molecule has 4 heteroatoms. The molecule has 76 valence electrons. The number of hydrogen-bond donors (Lipinski definition) is 0. The van der Waals surface area contributed by atoms with Crippen molar-refractivity contribution >= 4 is 38.5 Å². The first-order valence-electron chi connectivity index (χ1n) is 4.28. The van der Waals surface area contributed by atoms with Crippen LogP contribution >= 0.6 is 38.5 Å². The van der Waals surface area contributed by atoms with Crippen molar-refractivity contribution in [2.24, 2.45) is 0 Å². The Morgan fingerprint density at radius 2 is 1.87 bits per heavy atom. The molecule has 0 atom stereocenters. The van der Waals surface area contributed by atoms with Gasteiger partial charge in [-0.3, -0.25) is 4.98 Å². The minimum absolute atomic E-state index is 0.770. The largest absolute Gasteiger partial charge is 0.456 e. The molecule has 0 aliphatic rings. The Hall–Kier alpha value is -0.620. The molecule has 0 saturated carbocycles. The highest BCUT2D eigenvalue weighted by Crippen LogP contribution is 2.28. The highest BCUT2D eigenvalue weighted by Gasteiger charge is 2.01. The van der Waals surface area contributed by atoms with Gasteiger partial charge < -0.3 is 4.74 Å². The summed E-state index contributed by atoms with van der Waals surface area (Å²) in [6, 6.07) is 9.71. The summed E-state index contributed by atoms with van der Waals surface area (Å²) in [7, 11) is 0. The Bertz CT molecular complexity index is 458. The Morgan fingerprint density at radius 1 is 1.13 bits per heavy atom. The molecule has 15 heavy (non-hydrogen) atoms. The molecule has 0 aliphatic carbocycles. The van der Waals surface area contributed by atoms with E-state index in [0.29, 0.717) is 0 Å². The molecule has 0 aliphatic heterocycles. The third kappa shape index (κ3) is 2.92. The number of benzene rings is 1. The van der Waals surface area contributed by atoms with Gasteiger partial charge in [0, 0.05) is 22.0 Å². The molecule has 0 saturated heterocycles. The Balaban J connectivity index is 2.22. The molecule has 0 fully saturated rings. The molecule has 0 unspecified atom stereocenters. The molecule has 0 N–H and O–H groups in total. The minimum atomic E-state index is 0.770. The normalized spacial score (nSPS) is 10.0. The molecule has 0 bridgehead atoms. The van der Waals surface area contributed by atoms with E-state index in [0.717, 1.165) is 16.0 Å². The topological polar surface area (TPSA) is 22.1 Å². The summed E-state index contributed by atoms with van der Waals surface area (Å²) in [6.45, 7) is 0.